The number of hydrogen-bond acceptors (Lipinski definition) is 4. The molecule has 2 aromatic heterocycles. The van der Waals surface area contributed by atoms with Crippen LogP contribution in [0.25, 0.3) is 22.5 Å². The van der Waals surface area contributed by atoms with Crippen molar-refractivity contribution in [3.63, 3.8) is 0 Å². The van der Waals surface area contributed by atoms with Gasteiger partial charge in [-0.05, 0) is 38.0 Å². The average molecular weight is 335 g/mol. The Labute approximate surface area is 146 Å². The van der Waals surface area contributed by atoms with Gasteiger partial charge in [-0.1, -0.05) is 30.3 Å². The highest BCUT2D eigenvalue weighted by Crippen LogP contribution is 2.33. The zero-order valence-corrected chi connectivity index (χ0v) is 14.6. The van der Waals surface area contributed by atoms with E-state index in [0.29, 0.717) is 11.6 Å². The number of amides is 1. The standard InChI is InChI=1S/C19H21N5O/c1-12(2)24-19(22-17(23-24)11-16(20)25)18-13(3)21-10-9-15(18)14-7-5-4-6-8-14/h4-10,12H,11H2,1-3H3,(H2,20,25). The van der Waals surface area contributed by atoms with Crippen molar-refractivity contribution in [3.05, 3.63) is 54.1 Å². The van der Waals surface area contributed by atoms with Crippen LogP contribution in [0, 0.1) is 6.92 Å². The Balaban J connectivity index is 2.23. The second-order valence-electron chi connectivity index (χ2n) is 6.22. The summed E-state index contributed by atoms with van der Waals surface area (Å²) in [6.45, 7) is 6.01. The Bertz CT molecular complexity index is 899. The molecule has 0 aliphatic carbocycles. The quantitative estimate of drug-likeness (QED) is 0.776. The third-order valence-corrected chi connectivity index (χ3v) is 3.95. The van der Waals surface area contributed by atoms with Crippen LogP contribution in [0.1, 0.15) is 31.4 Å². The second kappa shape index (κ2) is 6.84. The fourth-order valence-corrected chi connectivity index (χ4v) is 2.84. The minimum Gasteiger partial charge on any atom is -0.369 e. The summed E-state index contributed by atoms with van der Waals surface area (Å²) in [5, 5.41) is 4.48. The third-order valence-electron chi connectivity index (χ3n) is 3.95. The van der Waals surface area contributed by atoms with Crippen LogP contribution in [0.5, 0.6) is 0 Å². The highest BCUT2D eigenvalue weighted by molar-refractivity contribution is 5.82. The summed E-state index contributed by atoms with van der Waals surface area (Å²) < 4.78 is 1.83. The molecular formula is C19H21N5O. The van der Waals surface area contributed by atoms with E-state index in [4.69, 9.17) is 5.73 Å². The van der Waals surface area contributed by atoms with Crippen molar-refractivity contribution in [1.29, 1.82) is 0 Å². The van der Waals surface area contributed by atoms with E-state index in [9.17, 15) is 4.79 Å². The van der Waals surface area contributed by atoms with E-state index in [1.165, 1.54) is 0 Å². The Morgan fingerprint density at radius 1 is 1.20 bits per heavy atom. The van der Waals surface area contributed by atoms with Crippen LogP contribution in [0.2, 0.25) is 0 Å². The Morgan fingerprint density at radius 2 is 1.92 bits per heavy atom. The Hall–Kier alpha value is -3.02. The average Bonchev–Trinajstić information content (AvgIpc) is 2.98. The lowest BCUT2D eigenvalue weighted by atomic mass is 9.98. The molecule has 1 aromatic carbocycles. The van der Waals surface area contributed by atoms with Crippen molar-refractivity contribution >= 4 is 5.91 Å². The number of pyridine rings is 1. The van der Waals surface area contributed by atoms with E-state index in [2.05, 4.69) is 27.2 Å². The predicted molar refractivity (Wildman–Crippen MR) is 96.7 cm³/mol. The monoisotopic (exact) mass is 335 g/mol. The van der Waals surface area contributed by atoms with Gasteiger partial charge in [-0.15, -0.1) is 0 Å². The van der Waals surface area contributed by atoms with Gasteiger partial charge in [-0.25, -0.2) is 9.67 Å². The first-order chi connectivity index (χ1) is 12.0. The summed E-state index contributed by atoms with van der Waals surface area (Å²) in [6.07, 6.45) is 1.81. The van der Waals surface area contributed by atoms with Crippen LogP contribution in [0.4, 0.5) is 0 Å². The molecule has 6 nitrogen and oxygen atoms in total. The van der Waals surface area contributed by atoms with Crippen molar-refractivity contribution in [2.75, 3.05) is 0 Å². The normalized spacial score (nSPS) is 11.0. The lowest BCUT2D eigenvalue weighted by Gasteiger charge is -2.14. The summed E-state index contributed by atoms with van der Waals surface area (Å²) in [6, 6.07) is 12.2. The van der Waals surface area contributed by atoms with E-state index >= 15 is 0 Å². The number of carbonyl (C=O) groups excluding carboxylic acids is 1. The van der Waals surface area contributed by atoms with Gasteiger partial charge in [0.15, 0.2) is 11.6 Å². The molecule has 128 valence electrons. The molecular weight excluding hydrogens is 314 g/mol. The fraction of sp³-hybridized carbons (Fsp3) is 0.263. The molecule has 2 heterocycles. The maximum absolute atomic E-state index is 11.3. The Kier molecular flexibility index (Phi) is 4.61. The van der Waals surface area contributed by atoms with Gasteiger partial charge in [0.2, 0.25) is 5.91 Å². The first-order valence-electron chi connectivity index (χ1n) is 8.22. The largest absolute Gasteiger partial charge is 0.369 e. The fourth-order valence-electron chi connectivity index (χ4n) is 2.84. The minimum absolute atomic E-state index is 0.0205. The summed E-state index contributed by atoms with van der Waals surface area (Å²) in [4.78, 5) is 20.3. The van der Waals surface area contributed by atoms with E-state index in [-0.39, 0.29) is 12.5 Å². The van der Waals surface area contributed by atoms with E-state index in [1.54, 1.807) is 6.20 Å². The number of benzene rings is 1. The SMILES string of the molecule is Cc1nccc(-c2ccccc2)c1-c1nc(CC(N)=O)nn1C(C)C. The Morgan fingerprint density at radius 3 is 2.56 bits per heavy atom. The van der Waals surface area contributed by atoms with Crippen molar-refractivity contribution in [3.8, 4) is 22.5 Å². The van der Waals surface area contributed by atoms with Crippen molar-refractivity contribution in [1.82, 2.24) is 19.7 Å². The second-order valence-corrected chi connectivity index (χ2v) is 6.22. The van der Waals surface area contributed by atoms with Gasteiger partial charge in [0.25, 0.3) is 0 Å². The van der Waals surface area contributed by atoms with Gasteiger partial charge in [0.05, 0.1) is 6.42 Å². The number of carbonyl (C=O) groups is 1. The van der Waals surface area contributed by atoms with E-state index in [0.717, 1.165) is 22.4 Å². The van der Waals surface area contributed by atoms with Crippen LogP contribution >= 0.6 is 0 Å². The molecule has 0 fully saturated rings. The van der Waals surface area contributed by atoms with Crippen LogP contribution < -0.4 is 5.73 Å². The molecule has 0 bridgehead atoms. The molecule has 0 saturated heterocycles. The predicted octanol–water partition coefficient (Wildman–Crippen LogP) is 2.92. The zero-order chi connectivity index (χ0) is 18.0. The van der Waals surface area contributed by atoms with Crippen molar-refractivity contribution in [2.24, 2.45) is 5.73 Å². The first kappa shape index (κ1) is 16.8. The van der Waals surface area contributed by atoms with Crippen molar-refractivity contribution in [2.45, 2.75) is 33.2 Å². The number of nitrogens with two attached hydrogens (primary N) is 1. The topological polar surface area (TPSA) is 86.7 Å². The number of rotatable bonds is 5. The highest BCUT2D eigenvalue weighted by Gasteiger charge is 2.21. The first-order valence-corrected chi connectivity index (χ1v) is 8.22. The molecule has 0 spiro atoms. The molecule has 3 rings (SSSR count). The van der Waals surface area contributed by atoms with E-state index in [1.807, 2.05) is 49.7 Å². The number of primary amides is 1. The molecule has 25 heavy (non-hydrogen) atoms. The smallest absolute Gasteiger partial charge is 0.225 e. The molecule has 0 aliphatic rings. The molecule has 2 N–H and O–H groups in total. The van der Waals surface area contributed by atoms with Gasteiger partial charge in [0, 0.05) is 23.5 Å². The summed E-state index contributed by atoms with van der Waals surface area (Å²) in [5.74, 6) is 0.688. The summed E-state index contributed by atoms with van der Waals surface area (Å²) >= 11 is 0. The highest BCUT2D eigenvalue weighted by atomic mass is 16.1. The van der Waals surface area contributed by atoms with Gasteiger partial charge < -0.3 is 5.73 Å². The summed E-state index contributed by atoms with van der Waals surface area (Å²) in [7, 11) is 0. The molecule has 0 unspecified atom stereocenters. The van der Waals surface area contributed by atoms with E-state index < -0.39 is 5.91 Å². The van der Waals surface area contributed by atoms with Gasteiger partial charge >= 0.3 is 0 Å². The van der Waals surface area contributed by atoms with Crippen LogP contribution in [0.15, 0.2) is 42.6 Å². The van der Waals surface area contributed by atoms with Gasteiger partial charge in [0.1, 0.15) is 0 Å². The van der Waals surface area contributed by atoms with Crippen LogP contribution in [-0.4, -0.2) is 25.7 Å². The lowest BCUT2D eigenvalue weighted by Crippen LogP contribution is -2.15. The summed E-state index contributed by atoms with van der Waals surface area (Å²) in [5.41, 5.74) is 9.21. The maximum Gasteiger partial charge on any atom is 0.225 e. The maximum atomic E-state index is 11.3. The van der Waals surface area contributed by atoms with Gasteiger partial charge in [-0.3, -0.25) is 9.78 Å². The number of aryl methyl sites for hydroxylation is 1. The lowest BCUT2D eigenvalue weighted by molar-refractivity contribution is -0.117. The van der Waals surface area contributed by atoms with Gasteiger partial charge in [-0.2, -0.15) is 5.10 Å². The minimum atomic E-state index is -0.446. The molecule has 0 saturated carbocycles. The van der Waals surface area contributed by atoms with Crippen LogP contribution in [0.3, 0.4) is 0 Å². The molecule has 0 aliphatic heterocycles. The number of nitrogens with zero attached hydrogens (tertiary/aromatic N) is 4. The number of hydrogen-bond donors (Lipinski definition) is 1. The third kappa shape index (κ3) is 3.42. The molecule has 3 aromatic rings. The molecule has 6 heteroatoms. The zero-order valence-electron chi connectivity index (χ0n) is 14.6. The van der Waals surface area contributed by atoms with Crippen LogP contribution in [-0.2, 0) is 11.2 Å². The molecule has 0 atom stereocenters. The number of aromatic nitrogens is 4. The molecule has 0 radical (unpaired) electrons. The molecule has 1 amide bonds. The van der Waals surface area contributed by atoms with Crippen molar-refractivity contribution < 1.29 is 4.79 Å².